The van der Waals surface area contributed by atoms with Crippen LogP contribution in [0.2, 0.25) is 0 Å². The van der Waals surface area contributed by atoms with Crippen LogP contribution in [0.1, 0.15) is 45.2 Å². The maximum atomic E-state index is 10.7. The molecular weight excluding hydrogens is 456 g/mol. The lowest BCUT2D eigenvalue weighted by molar-refractivity contribution is -0.0502. The quantitative estimate of drug-likeness (QED) is 0.408. The molecule has 5 atom stereocenters. The van der Waals surface area contributed by atoms with Crippen LogP contribution in [0.3, 0.4) is 0 Å². The first-order valence-corrected chi connectivity index (χ1v) is 11.8. The van der Waals surface area contributed by atoms with E-state index in [-0.39, 0.29) is 6.04 Å². The number of nitrogens with zero attached hydrogens (tertiary/aromatic N) is 3. The van der Waals surface area contributed by atoms with Gasteiger partial charge >= 0.3 is 0 Å². The number of benzene rings is 1. The van der Waals surface area contributed by atoms with Crippen molar-refractivity contribution >= 4 is 44.4 Å². The number of fused-ring (bicyclic) bond motifs is 3. The molecule has 31 heavy (non-hydrogen) atoms. The molecule has 8 heteroatoms. The van der Waals surface area contributed by atoms with Crippen LogP contribution >= 0.6 is 15.9 Å². The van der Waals surface area contributed by atoms with Crippen LogP contribution < -0.4 is 10.6 Å². The highest BCUT2D eigenvalue weighted by molar-refractivity contribution is 9.10. The van der Waals surface area contributed by atoms with Crippen molar-refractivity contribution in [2.45, 2.75) is 58.1 Å². The summed E-state index contributed by atoms with van der Waals surface area (Å²) in [5.41, 5.74) is 1.27. The number of aryl methyl sites for hydroxylation is 1. The first-order valence-electron chi connectivity index (χ1n) is 11.0. The Kier molecular flexibility index (Phi) is 5.17. The summed E-state index contributed by atoms with van der Waals surface area (Å²) in [6.45, 7) is 6.26. The molecule has 2 fully saturated rings. The molecule has 1 aromatic carbocycles. The Hall–Kier alpha value is -2.19. The summed E-state index contributed by atoms with van der Waals surface area (Å²) in [6.07, 6.45) is 4.02. The van der Waals surface area contributed by atoms with Gasteiger partial charge in [-0.15, -0.1) is 0 Å². The van der Waals surface area contributed by atoms with Crippen LogP contribution in [0.4, 0.5) is 17.6 Å². The van der Waals surface area contributed by atoms with Crippen LogP contribution in [0.25, 0.3) is 10.9 Å². The van der Waals surface area contributed by atoms with Gasteiger partial charge in [-0.25, -0.2) is 4.98 Å². The zero-order valence-corrected chi connectivity index (χ0v) is 19.7. The van der Waals surface area contributed by atoms with Crippen molar-refractivity contribution in [3.05, 3.63) is 34.4 Å². The molecule has 5 rings (SSSR count). The van der Waals surface area contributed by atoms with Crippen LogP contribution in [0.15, 0.2) is 28.7 Å². The lowest BCUT2D eigenvalue weighted by Gasteiger charge is -2.49. The van der Waals surface area contributed by atoms with Crippen LogP contribution in [0, 0.1) is 24.7 Å². The maximum absolute atomic E-state index is 10.7. The molecule has 3 aromatic rings. The van der Waals surface area contributed by atoms with Crippen molar-refractivity contribution in [1.29, 1.82) is 0 Å². The van der Waals surface area contributed by atoms with Gasteiger partial charge in [0.1, 0.15) is 5.82 Å². The van der Waals surface area contributed by atoms with Crippen molar-refractivity contribution in [1.82, 2.24) is 20.2 Å². The van der Waals surface area contributed by atoms with Crippen molar-refractivity contribution in [2.75, 3.05) is 10.6 Å². The Morgan fingerprint density at radius 1 is 1.19 bits per heavy atom. The molecule has 5 unspecified atom stereocenters. The highest BCUT2D eigenvalue weighted by Crippen LogP contribution is 2.47. The zero-order valence-electron chi connectivity index (χ0n) is 18.1. The van der Waals surface area contributed by atoms with E-state index in [0.717, 1.165) is 58.4 Å². The third kappa shape index (κ3) is 4.28. The molecule has 0 radical (unpaired) electrons. The molecule has 7 nitrogen and oxygen atoms in total. The molecule has 164 valence electrons. The van der Waals surface area contributed by atoms with Gasteiger partial charge in [0.25, 0.3) is 0 Å². The van der Waals surface area contributed by atoms with E-state index in [4.69, 9.17) is 9.97 Å². The topological polar surface area (TPSA) is 98.8 Å². The van der Waals surface area contributed by atoms with Crippen molar-refractivity contribution in [3.63, 3.8) is 0 Å². The number of rotatable bonds is 4. The van der Waals surface area contributed by atoms with Gasteiger partial charge in [0.15, 0.2) is 5.82 Å². The zero-order chi connectivity index (χ0) is 21.8. The van der Waals surface area contributed by atoms with Crippen molar-refractivity contribution in [2.24, 2.45) is 17.8 Å². The van der Waals surface area contributed by atoms with Crippen LogP contribution in [0.5, 0.6) is 0 Å². The van der Waals surface area contributed by atoms with Gasteiger partial charge in [-0.1, -0.05) is 22.9 Å². The third-order valence-corrected chi connectivity index (χ3v) is 7.29. The predicted octanol–water partition coefficient (Wildman–Crippen LogP) is 5.16. The standard InChI is InChI=1S/C23H29BrN6O/c1-12-6-14-8-15(11-23(3,31)10-14)20(12)27-22-25-18-9-16(24)4-5-17(18)21(28-22)26-19-7-13(2)29-30-19/h4-5,7,9,12,14-15,20,31H,6,8,10-11H2,1-3H3,(H3,25,26,27,28,29,30). The smallest absolute Gasteiger partial charge is 0.225 e. The van der Waals surface area contributed by atoms with E-state index < -0.39 is 5.60 Å². The van der Waals surface area contributed by atoms with Gasteiger partial charge in [-0.3, -0.25) is 5.10 Å². The van der Waals surface area contributed by atoms with E-state index in [1.165, 1.54) is 0 Å². The van der Waals surface area contributed by atoms with Gasteiger partial charge in [0.2, 0.25) is 5.95 Å². The van der Waals surface area contributed by atoms with E-state index in [2.05, 4.69) is 43.7 Å². The van der Waals surface area contributed by atoms with E-state index >= 15 is 0 Å². The molecule has 0 spiro atoms. The lowest BCUT2D eigenvalue weighted by atomic mass is 9.61. The van der Waals surface area contributed by atoms with E-state index in [1.54, 1.807) is 0 Å². The summed E-state index contributed by atoms with van der Waals surface area (Å²) in [5, 5.41) is 25.9. The van der Waals surface area contributed by atoms with Crippen molar-refractivity contribution < 1.29 is 5.11 Å². The van der Waals surface area contributed by atoms with Gasteiger partial charge < -0.3 is 15.7 Å². The van der Waals surface area contributed by atoms with Gasteiger partial charge in [-0.2, -0.15) is 10.1 Å². The minimum atomic E-state index is -0.576. The molecule has 2 bridgehead atoms. The number of hydrogen-bond acceptors (Lipinski definition) is 6. The first-order chi connectivity index (χ1) is 14.8. The van der Waals surface area contributed by atoms with E-state index in [9.17, 15) is 5.11 Å². The van der Waals surface area contributed by atoms with Gasteiger partial charge in [0, 0.05) is 27.7 Å². The van der Waals surface area contributed by atoms with Gasteiger partial charge in [-0.05, 0) is 75.5 Å². The molecular formula is C23H29BrN6O. The van der Waals surface area contributed by atoms with Gasteiger partial charge in [0.05, 0.1) is 11.1 Å². The number of aromatic nitrogens is 4. The molecule has 2 aliphatic rings. The minimum Gasteiger partial charge on any atom is -0.390 e. The number of hydrogen-bond donors (Lipinski definition) is 4. The Bertz CT molecular complexity index is 1110. The fraction of sp³-hybridized carbons (Fsp3) is 0.522. The van der Waals surface area contributed by atoms with Crippen LogP contribution in [-0.2, 0) is 0 Å². The average Bonchev–Trinajstić information content (AvgIpc) is 3.08. The number of aromatic amines is 1. The molecule has 2 aromatic heterocycles. The van der Waals surface area contributed by atoms with Crippen LogP contribution in [-0.4, -0.2) is 36.9 Å². The maximum Gasteiger partial charge on any atom is 0.225 e. The number of aliphatic hydroxyl groups is 1. The Morgan fingerprint density at radius 2 is 2.03 bits per heavy atom. The average molecular weight is 485 g/mol. The number of nitrogens with one attached hydrogen (secondary N) is 3. The molecule has 4 N–H and O–H groups in total. The third-order valence-electron chi connectivity index (χ3n) is 6.80. The summed E-state index contributed by atoms with van der Waals surface area (Å²) in [7, 11) is 0. The van der Waals surface area contributed by atoms with E-state index in [0.29, 0.717) is 23.7 Å². The number of anilines is 3. The summed E-state index contributed by atoms with van der Waals surface area (Å²) < 4.78 is 0.975. The highest BCUT2D eigenvalue weighted by atomic mass is 79.9. The molecule has 2 heterocycles. The predicted molar refractivity (Wildman–Crippen MR) is 126 cm³/mol. The Balaban J connectivity index is 1.49. The normalized spacial score (nSPS) is 30.4. The highest BCUT2D eigenvalue weighted by Gasteiger charge is 2.45. The Labute approximate surface area is 190 Å². The molecule has 2 aliphatic carbocycles. The monoisotopic (exact) mass is 484 g/mol. The second-order valence-electron chi connectivity index (χ2n) is 9.77. The largest absolute Gasteiger partial charge is 0.390 e. The molecule has 0 amide bonds. The second-order valence-corrected chi connectivity index (χ2v) is 10.7. The minimum absolute atomic E-state index is 0.244. The number of halogens is 1. The molecule has 0 saturated heterocycles. The fourth-order valence-corrected chi connectivity index (χ4v) is 6.08. The lowest BCUT2D eigenvalue weighted by Crippen LogP contribution is -2.50. The summed E-state index contributed by atoms with van der Waals surface area (Å²) >= 11 is 3.56. The van der Waals surface area contributed by atoms with Crippen molar-refractivity contribution in [3.8, 4) is 0 Å². The Morgan fingerprint density at radius 3 is 2.81 bits per heavy atom. The second kappa shape index (κ2) is 7.74. The first kappa shape index (κ1) is 20.7. The summed E-state index contributed by atoms with van der Waals surface area (Å²) in [6, 6.07) is 8.21. The summed E-state index contributed by atoms with van der Waals surface area (Å²) in [5.74, 6) is 3.60. The SMILES string of the molecule is Cc1cc(Nc2nc(NC3C(C)CC4CC3CC(C)(O)C4)nc3cc(Br)ccc23)n[nH]1. The molecule has 2 saturated carbocycles. The number of H-pyrrole nitrogens is 1. The molecule has 0 aliphatic heterocycles. The summed E-state index contributed by atoms with van der Waals surface area (Å²) in [4.78, 5) is 9.67. The fourth-order valence-electron chi connectivity index (χ4n) is 5.73. The van der Waals surface area contributed by atoms with E-state index in [1.807, 2.05) is 38.1 Å².